The van der Waals surface area contributed by atoms with Crippen molar-refractivity contribution < 1.29 is 24.5 Å². The van der Waals surface area contributed by atoms with Crippen molar-refractivity contribution in [2.45, 2.75) is 155 Å². The summed E-state index contributed by atoms with van der Waals surface area (Å²) in [4.78, 5) is 10.6. The minimum Gasteiger partial charge on any atom is -0.481 e. The van der Waals surface area contributed by atoms with Gasteiger partial charge >= 0.3 is 5.97 Å². The number of hydrogen-bond acceptors (Lipinski definition) is 4. The molecule has 5 nitrogen and oxygen atoms in total. The zero-order chi connectivity index (χ0) is 25.3. The van der Waals surface area contributed by atoms with Crippen molar-refractivity contribution in [3.05, 3.63) is 0 Å². The first-order chi connectivity index (χ1) is 16.5. The van der Waals surface area contributed by atoms with Gasteiger partial charge in [0.25, 0.3) is 0 Å². The van der Waals surface area contributed by atoms with Gasteiger partial charge in [-0.05, 0) is 31.6 Å². The van der Waals surface area contributed by atoms with Crippen LogP contribution in [0.3, 0.4) is 0 Å². The van der Waals surface area contributed by atoms with E-state index >= 15 is 0 Å². The normalized spacial score (nSPS) is 14.2. The fourth-order valence-corrected chi connectivity index (χ4v) is 4.46. The standard InChI is InChI=1S/C29H58O5/c1-4-6-8-10-11-12-13-14-17-21-28(26(3)20-16-9-7-5-2)34-25-27(24-30)33-23-19-15-18-22-29(31)32/h26-28,30H,4-25H2,1-3H3,(H,31,32)/t26?,27-,28?/m0/s1. The number of carbonyl (C=O) groups is 1. The van der Waals surface area contributed by atoms with E-state index in [9.17, 15) is 9.90 Å². The van der Waals surface area contributed by atoms with Crippen molar-refractivity contribution in [1.82, 2.24) is 0 Å². The minimum atomic E-state index is -0.746. The highest BCUT2D eigenvalue weighted by Gasteiger charge is 2.20. The van der Waals surface area contributed by atoms with E-state index in [-0.39, 0.29) is 25.2 Å². The Morgan fingerprint density at radius 3 is 1.82 bits per heavy atom. The molecule has 204 valence electrons. The summed E-state index contributed by atoms with van der Waals surface area (Å²) in [6.45, 7) is 7.78. The molecule has 0 radical (unpaired) electrons. The van der Waals surface area contributed by atoms with E-state index in [0.717, 1.165) is 19.3 Å². The predicted octanol–water partition coefficient (Wildman–Crippen LogP) is 7.92. The van der Waals surface area contributed by atoms with Crippen molar-refractivity contribution in [3.63, 3.8) is 0 Å². The number of hydrogen-bond donors (Lipinski definition) is 2. The molecule has 2 unspecified atom stereocenters. The van der Waals surface area contributed by atoms with Gasteiger partial charge in [-0.15, -0.1) is 0 Å². The summed E-state index contributed by atoms with van der Waals surface area (Å²) < 4.78 is 12.1. The van der Waals surface area contributed by atoms with Gasteiger partial charge < -0.3 is 19.7 Å². The predicted molar refractivity (Wildman–Crippen MR) is 142 cm³/mol. The van der Waals surface area contributed by atoms with Gasteiger partial charge in [0.05, 0.1) is 19.3 Å². The number of aliphatic hydroxyl groups excluding tert-OH is 1. The SMILES string of the molecule is CCCCCCCCCCCC(OC[C@H](CO)OCCCCCC(=O)O)C(C)CCCCCC. The molecule has 3 atom stereocenters. The number of rotatable bonds is 27. The maximum atomic E-state index is 10.6. The number of carboxylic acid groups (broad SMARTS) is 1. The Hall–Kier alpha value is -0.650. The lowest BCUT2D eigenvalue weighted by molar-refractivity contribution is -0.137. The van der Waals surface area contributed by atoms with Crippen LogP contribution in [0.1, 0.15) is 143 Å². The van der Waals surface area contributed by atoms with Gasteiger partial charge in [0, 0.05) is 13.0 Å². The van der Waals surface area contributed by atoms with Crippen LogP contribution in [-0.4, -0.2) is 48.2 Å². The summed E-state index contributed by atoms with van der Waals surface area (Å²) in [6.07, 6.45) is 21.9. The van der Waals surface area contributed by atoms with E-state index in [1.54, 1.807) is 0 Å². The first-order valence-corrected chi connectivity index (χ1v) is 14.6. The van der Waals surface area contributed by atoms with E-state index < -0.39 is 5.97 Å². The zero-order valence-corrected chi connectivity index (χ0v) is 22.9. The smallest absolute Gasteiger partial charge is 0.303 e. The first-order valence-electron chi connectivity index (χ1n) is 14.6. The largest absolute Gasteiger partial charge is 0.481 e. The molecule has 0 amide bonds. The summed E-state index contributed by atoms with van der Waals surface area (Å²) >= 11 is 0. The maximum Gasteiger partial charge on any atom is 0.303 e. The number of unbranched alkanes of at least 4 members (excludes halogenated alkanes) is 13. The Morgan fingerprint density at radius 1 is 0.706 bits per heavy atom. The minimum absolute atomic E-state index is 0.0369. The Labute approximate surface area is 211 Å². The molecule has 0 saturated heterocycles. The van der Waals surface area contributed by atoms with Gasteiger partial charge in [0.1, 0.15) is 6.10 Å². The summed E-state index contributed by atoms with van der Waals surface area (Å²) in [7, 11) is 0. The second kappa shape index (κ2) is 25.4. The molecule has 0 bridgehead atoms. The van der Waals surface area contributed by atoms with Crippen molar-refractivity contribution in [3.8, 4) is 0 Å². The molecule has 0 aliphatic heterocycles. The third kappa shape index (κ3) is 21.9. The summed E-state index contributed by atoms with van der Waals surface area (Å²) in [5, 5.41) is 18.4. The Balaban J connectivity index is 4.28. The van der Waals surface area contributed by atoms with Crippen molar-refractivity contribution in [2.75, 3.05) is 19.8 Å². The molecule has 0 aliphatic carbocycles. The molecule has 0 aliphatic rings. The third-order valence-corrected chi connectivity index (χ3v) is 6.83. The van der Waals surface area contributed by atoms with Crippen LogP contribution < -0.4 is 0 Å². The number of aliphatic hydroxyl groups is 1. The molecule has 34 heavy (non-hydrogen) atoms. The topological polar surface area (TPSA) is 76.0 Å². The van der Waals surface area contributed by atoms with Crippen molar-refractivity contribution in [1.29, 1.82) is 0 Å². The molecule has 5 heteroatoms. The quantitative estimate of drug-likeness (QED) is 0.115. The zero-order valence-electron chi connectivity index (χ0n) is 22.9. The van der Waals surface area contributed by atoms with E-state index in [0.29, 0.717) is 25.6 Å². The van der Waals surface area contributed by atoms with Crippen LogP contribution in [0, 0.1) is 5.92 Å². The van der Waals surface area contributed by atoms with E-state index in [1.807, 2.05) is 0 Å². The average Bonchev–Trinajstić information content (AvgIpc) is 2.82. The highest BCUT2D eigenvalue weighted by atomic mass is 16.5. The molecule has 0 saturated carbocycles. The molecule has 0 aromatic heterocycles. The van der Waals surface area contributed by atoms with Gasteiger partial charge in [0.15, 0.2) is 0 Å². The maximum absolute atomic E-state index is 10.6. The molecule has 0 aromatic carbocycles. The third-order valence-electron chi connectivity index (χ3n) is 6.83. The lowest BCUT2D eigenvalue weighted by Crippen LogP contribution is -2.30. The van der Waals surface area contributed by atoms with Crippen LogP contribution in [0.4, 0.5) is 0 Å². The van der Waals surface area contributed by atoms with Gasteiger partial charge in [0.2, 0.25) is 0 Å². The van der Waals surface area contributed by atoms with Gasteiger partial charge in [-0.3, -0.25) is 4.79 Å². The number of carboxylic acids is 1. The second-order valence-corrected chi connectivity index (χ2v) is 10.2. The van der Waals surface area contributed by atoms with Crippen LogP contribution in [0.5, 0.6) is 0 Å². The van der Waals surface area contributed by atoms with Crippen LogP contribution in [0.15, 0.2) is 0 Å². The molecule has 0 spiro atoms. The Morgan fingerprint density at radius 2 is 1.24 bits per heavy atom. The van der Waals surface area contributed by atoms with E-state index in [2.05, 4.69) is 20.8 Å². The molecule has 2 N–H and O–H groups in total. The Kier molecular flexibility index (Phi) is 25.0. The van der Waals surface area contributed by atoms with Crippen LogP contribution in [0.25, 0.3) is 0 Å². The molecule has 0 rings (SSSR count). The van der Waals surface area contributed by atoms with Crippen molar-refractivity contribution in [2.24, 2.45) is 5.92 Å². The van der Waals surface area contributed by atoms with Crippen LogP contribution in [-0.2, 0) is 14.3 Å². The molecule has 0 heterocycles. The highest BCUT2D eigenvalue weighted by Crippen LogP contribution is 2.22. The van der Waals surface area contributed by atoms with Crippen LogP contribution >= 0.6 is 0 Å². The van der Waals surface area contributed by atoms with Gasteiger partial charge in [-0.1, -0.05) is 111 Å². The number of aliphatic carboxylic acids is 1. The molecule has 0 fully saturated rings. The van der Waals surface area contributed by atoms with Crippen LogP contribution in [0.2, 0.25) is 0 Å². The monoisotopic (exact) mass is 486 g/mol. The Bertz CT molecular complexity index is 429. The molecular weight excluding hydrogens is 428 g/mol. The fourth-order valence-electron chi connectivity index (χ4n) is 4.46. The summed E-state index contributed by atoms with van der Waals surface area (Å²) in [5.41, 5.74) is 0. The molecule has 0 aromatic rings. The second-order valence-electron chi connectivity index (χ2n) is 10.2. The summed E-state index contributed by atoms with van der Waals surface area (Å²) in [6, 6.07) is 0. The molecular formula is C29H58O5. The van der Waals surface area contributed by atoms with Crippen molar-refractivity contribution >= 4 is 5.97 Å². The lowest BCUT2D eigenvalue weighted by Gasteiger charge is -2.27. The highest BCUT2D eigenvalue weighted by molar-refractivity contribution is 5.66. The van der Waals surface area contributed by atoms with E-state index in [1.165, 1.54) is 89.9 Å². The van der Waals surface area contributed by atoms with Gasteiger partial charge in [-0.2, -0.15) is 0 Å². The number of ether oxygens (including phenoxy) is 2. The van der Waals surface area contributed by atoms with Gasteiger partial charge in [-0.25, -0.2) is 0 Å². The summed E-state index contributed by atoms with van der Waals surface area (Å²) in [5.74, 6) is -0.217. The lowest BCUT2D eigenvalue weighted by atomic mass is 9.93. The van der Waals surface area contributed by atoms with E-state index in [4.69, 9.17) is 14.6 Å². The average molecular weight is 487 g/mol. The fraction of sp³-hybridized carbons (Fsp3) is 0.966. The first kappa shape index (κ1) is 33.4.